The van der Waals surface area contributed by atoms with E-state index in [-0.39, 0.29) is 31.1 Å². The Bertz CT molecular complexity index is 342. The van der Waals surface area contributed by atoms with Crippen LogP contribution in [0.25, 0.3) is 0 Å². The lowest BCUT2D eigenvalue weighted by Gasteiger charge is -2.25. The Kier molecular flexibility index (Phi) is 6.50. The zero-order chi connectivity index (χ0) is 16.2. The van der Waals surface area contributed by atoms with Crippen molar-refractivity contribution in [2.24, 2.45) is 11.8 Å². The molecule has 1 aliphatic rings. The van der Waals surface area contributed by atoms with Gasteiger partial charge < -0.3 is 4.90 Å². The maximum absolute atomic E-state index is 12.4. The number of amides is 1. The first-order valence-electron chi connectivity index (χ1n) is 7.73. The molecule has 1 amide bonds. The lowest BCUT2D eigenvalue weighted by molar-refractivity contribution is -0.140. The number of nitrogens with one attached hydrogen (secondary N) is 1. The van der Waals surface area contributed by atoms with Crippen LogP contribution in [-0.4, -0.2) is 35.7 Å². The zero-order valence-electron chi connectivity index (χ0n) is 13.3. The molecule has 6 heteroatoms. The summed E-state index contributed by atoms with van der Waals surface area (Å²) >= 11 is 0. The number of alkyl halides is 3. The van der Waals surface area contributed by atoms with Crippen LogP contribution in [0.4, 0.5) is 13.2 Å². The summed E-state index contributed by atoms with van der Waals surface area (Å²) in [6, 6.07) is -0.250. The lowest BCUT2D eigenvalue weighted by atomic mass is 10.0. The molecule has 2 atom stereocenters. The van der Waals surface area contributed by atoms with Gasteiger partial charge in [0.15, 0.2) is 0 Å². The minimum atomic E-state index is -4.15. The molecule has 2 unspecified atom stereocenters. The van der Waals surface area contributed by atoms with Gasteiger partial charge in [-0.2, -0.15) is 13.2 Å². The fourth-order valence-electron chi connectivity index (χ4n) is 2.75. The van der Waals surface area contributed by atoms with E-state index in [0.717, 1.165) is 12.8 Å². The first kappa shape index (κ1) is 18.3. The summed E-state index contributed by atoms with van der Waals surface area (Å²) in [4.78, 5) is 14.0. The highest BCUT2D eigenvalue weighted by molar-refractivity contribution is 5.84. The van der Waals surface area contributed by atoms with E-state index in [2.05, 4.69) is 19.2 Å². The summed E-state index contributed by atoms with van der Waals surface area (Å²) in [6.07, 6.45) is -3.65. The van der Waals surface area contributed by atoms with Gasteiger partial charge in [0, 0.05) is 13.0 Å². The van der Waals surface area contributed by atoms with E-state index in [4.69, 9.17) is 0 Å². The van der Waals surface area contributed by atoms with Crippen LogP contribution in [0.3, 0.4) is 0 Å². The standard InChI is InChI=1S/C15H27F3N2O/c1-10(2)8-12-14(21)20(7-5-6-15(16,17)18)13(19-12)9-11(3)4/h10-13,19H,5-9H2,1-4H3. The van der Waals surface area contributed by atoms with Crippen LogP contribution >= 0.6 is 0 Å². The molecule has 0 saturated carbocycles. The van der Waals surface area contributed by atoms with Gasteiger partial charge in [0.25, 0.3) is 0 Å². The van der Waals surface area contributed by atoms with Crippen LogP contribution in [0.15, 0.2) is 0 Å². The molecule has 1 aliphatic heterocycles. The van der Waals surface area contributed by atoms with Crippen molar-refractivity contribution in [2.45, 2.75) is 71.8 Å². The third kappa shape index (κ3) is 6.24. The van der Waals surface area contributed by atoms with Crippen molar-refractivity contribution in [2.75, 3.05) is 6.54 Å². The number of halogens is 3. The predicted octanol–water partition coefficient (Wildman–Crippen LogP) is 3.55. The van der Waals surface area contributed by atoms with E-state index in [9.17, 15) is 18.0 Å². The predicted molar refractivity (Wildman–Crippen MR) is 76.6 cm³/mol. The molecule has 0 aromatic heterocycles. The zero-order valence-corrected chi connectivity index (χ0v) is 13.3. The van der Waals surface area contributed by atoms with E-state index in [1.807, 2.05) is 13.8 Å². The van der Waals surface area contributed by atoms with Crippen molar-refractivity contribution in [1.29, 1.82) is 0 Å². The minimum Gasteiger partial charge on any atom is -0.326 e. The van der Waals surface area contributed by atoms with Gasteiger partial charge in [0.1, 0.15) is 0 Å². The minimum absolute atomic E-state index is 0.0279. The Morgan fingerprint density at radius 2 is 1.71 bits per heavy atom. The summed E-state index contributed by atoms with van der Waals surface area (Å²) in [7, 11) is 0. The largest absolute Gasteiger partial charge is 0.389 e. The van der Waals surface area contributed by atoms with Crippen molar-refractivity contribution in [1.82, 2.24) is 10.2 Å². The fraction of sp³-hybridized carbons (Fsp3) is 0.933. The molecule has 1 fully saturated rings. The van der Waals surface area contributed by atoms with Crippen molar-refractivity contribution in [3.63, 3.8) is 0 Å². The molecule has 3 nitrogen and oxygen atoms in total. The van der Waals surface area contributed by atoms with E-state index >= 15 is 0 Å². The maximum atomic E-state index is 12.4. The topological polar surface area (TPSA) is 32.3 Å². The molecular weight excluding hydrogens is 281 g/mol. The number of rotatable bonds is 7. The molecule has 1 rings (SSSR count). The lowest BCUT2D eigenvalue weighted by Crippen LogP contribution is -2.39. The van der Waals surface area contributed by atoms with Crippen molar-refractivity contribution in [3.8, 4) is 0 Å². The van der Waals surface area contributed by atoms with Gasteiger partial charge in [-0.25, -0.2) is 0 Å². The van der Waals surface area contributed by atoms with Gasteiger partial charge in [-0.3, -0.25) is 10.1 Å². The molecule has 21 heavy (non-hydrogen) atoms. The van der Waals surface area contributed by atoms with Crippen LogP contribution in [0.2, 0.25) is 0 Å². The van der Waals surface area contributed by atoms with Crippen molar-refractivity contribution >= 4 is 5.91 Å². The summed E-state index contributed by atoms with van der Waals surface area (Å²) in [6.45, 7) is 8.36. The first-order valence-corrected chi connectivity index (χ1v) is 7.73. The SMILES string of the molecule is CC(C)CC1NC(CC(C)C)N(CCCC(F)(F)F)C1=O. The highest BCUT2D eigenvalue weighted by Crippen LogP contribution is 2.25. The second-order valence-corrected chi connectivity index (χ2v) is 6.74. The number of nitrogens with zero attached hydrogens (tertiary/aromatic N) is 1. The van der Waals surface area contributed by atoms with Crippen molar-refractivity contribution < 1.29 is 18.0 Å². The number of carbonyl (C=O) groups is 1. The molecule has 0 aromatic rings. The van der Waals surface area contributed by atoms with Gasteiger partial charge in [-0.05, 0) is 31.1 Å². The third-order valence-electron chi connectivity index (χ3n) is 3.61. The van der Waals surface area contributed by atoms with Crippen LogP contribution in [0.5, 0.6) is 0 Å². The summed E-state index contributed by atoms with van der Waals surface area (Å²) in [5, 5.41) is 3.30. The molecule has 0 aliphatic carbocycles. The number of hydrogen-bond donors (Lipinski definition) is 1. The molecule has 0 radical (unpaired) electrons. The molecule has 1 saturated heterocycles. The molecule has 1 N–H and O–H groups in total. The number of hydrogen-bond acceptors (Lipinski definition) is 2. The smallest absolute Gasteiger partial charge is 0.326 e. The molecule has 0 spiro atoms. The average molecular weight is 308 g/mol. The Morgan fingerprint density at radius 1 is 1.14 bits per heavy atom. The molecular formula is C15H27F3N2O. The Balaban J connectivity index is 2.64. The van der Waals surface area contributed by atoms with E-state index < -0.39 is 12.6 Å². The van der Waals surface area contributed by atoms with Crippen molar-refractivity contribution in [3.05, 3.63) is 0 Å². The fourth-order valence-corrected chi connectivity index (χ4v) is 2.75. The van der Waals surface area contributed by atoms with Gasteiger partial charge in [0.2, 0.25) is 5.91 Å². The molecule has 1 heterocycles. The monoisotopic (exact) mass is 308 g/mol. The first-order chi connectivity index (χ1) is 9.60. The summed E-state index contributed by atoms with van der Waals surface area (Å²) < 4.78 is 36.8. The Labute approximate surface area is 125 Å². The van der Waals surface area contributed by atoms with E-state index in [1.165, 1.54) is 0 Å². The average Bonchev–Trinajstić information content (AvgIpc) is 2.54. The normalized spacial score (nSPS) is 23.7. The third-order valence-corrected chi connectivity index (χ3v) is 3.61. The van der Waals surface area contributed by atoms with Crippen LogP contribution < -0.4 is 5.32 Å². The number of carbonyl (C=O) groups excluding carboxylic acids is 1. The maximum Gasteiger partial charge on any atom is 0.389 e. The summed E-state index contributed by atoms with van der Waals surface area (Å²) in [5.41, 5.74) is 0. The highest BCUT2D eigenvalue weighted by atomic mass is 19.4. The van der Waals surface area contributed by atoms with Gasteiger partial charge in [0.05, 0.1) is 12.2 Å². The molecule has 124 valence electrons. The van der Waals surface area contributed by atoms with Gasteiger partial charge >= 0.3 is 6.18 Å². The van der Waals surface area contributed by atoms with Crippen LogP contribution in [-0.2, 0) is 4.79 Å². The van der Waals surface area contributed by atoms with E-state index in [0.29, 0.717) is 11.8 Å². The van der Waals surface area contributed by atoms with Gasteiger partial charge in [-0.1, -0.05) is 27.7 Å². The second kappa shape index (κ2) is 7.47. The highest BCUT2D eigenvalue weighted by Gasteiger charge is 2.39. The Hall–Kier alpha value is -0.780. The van der Waals surface area contributed by atoms with E-state index in [1.54, 1.807) is 4.90 Å². The second-order valence-electron chi connectivity index (χ2n) is 6.74. The molecule has 0 bridgehead atoms. The van der Waals surface area contributed by atoms with Crippen LogP contribution in [0.1, 0.15) is 53.4 Å². The Morgan fingerprint density at radius 3 is 2.19 bits per heavy atom. The van der Waals surface area contributed by atoms with Gasteiger partial charge in [-0.15, -0.1) is 0 Å². The quantitative estimate of drug-likeness (QED) is 0.780. The summed E-state index contributed by atoms with van der Waals surface area (Å²) in [5.74, 6) is 0.719. The van der Waals surface area contributed by atoms with Crippen LogP contribution in [0, 0.1) is 11.8 Å². The molecule has 0 aromatic carbocycles.